The quantitative estimate of drug-likeness (QED) is 0.849. The van der Waals surface area contributed by atoms with Crippen LogP contribution in [0.3, 0.4) is 0 Å². The molecule has 1 saturated heterocycles. The maximum Gasteiger partial charge on any atom is 0.260 e. The Labute approximate surface area is 119 Å². The van der Waals surface area contributed by atoms with Crippen LogP contribution in [0.25, 0.3) is 0 Å². The maximum atomic E-state index is 12.5. The molecular weight excluding hydrogens is 278 g/mol. The second-order valence-electron chi connectivity index (χ2n) is 5.33. The lowest BCUT2D eigenvalue weighted by molar-refractivity contribution is 0.180. The largest absolute Gasteiger partial charge is 0.392 e. The molecule has 1 N–H and O–H groups in total. The summed E-state index contributed by atoms with van der Waals surface area (Å²) in [6, 6.07) is 3.75. The Morgan fingerprint density at radius 3 is 2.40 bits per heavy atom. The number of hydrogen-bond donors (Lipinski definition) is 1. The van der Waals surface area contributed by atoms with Gasteiger partial charge in [0.25, 0.3) is 10.0 Å². The number of aliphatic hydroxyl groups excluding tert-OH is 1. The molecule has 6 nitrogen and oxygen atoms in total. The summed E-state index contributed by atoms with van der Waals surface area (Å²) in [5.74, 6) is 0. The maximum absolute atomic E-state index is 12.5. The van der Waals surface area contributed by atoms with E-state index in [9.17, 15) is 8.42 Å². The Bertz CT molecular complexity index is 561. The van der Waals surface area contributed by atoms with Crippen LogP contribution in [-0.4, -0.2) is 59.9 Å². The van der Waals surface area contributed by atoms with Crippen molar-refractivity contribution in [3.05, 3.63) is 23.9 Å². The molecule has 3 rings (SSSR count). The van der Waals surface area contributed by atoms with E-state index < -0.39 is 10.0 Å². The SMILES string of the molecule is O=S(=O)(c1ccc(CO)cn1)N1CCN(C2CC2)CC1. The van der Waals surface area contributed by atoms with E-state index in [0.29, 0.717) is 24.7 Å². The molecule has 0 aromatic carbocycles. The Morgan fingerprint density at radius 2 is 1.90 bits per heavy atom. The topological polar surface area (TPSA) is 73.7 Å². The minimum atomic E-state index is -3.50. The molecule has 0 bridgehead atoms. The number of hydrogen-bond acceptors (Lipinski definition) is 5. The predicted octanol–water partition coefficient (Wildman–Crippen LogP) is 0.0426. The molecule has 110 valence electrons. The molecule has 1 aromatic rings. The summed E-state index contributed by atoms with van der Waals surface area (Å²) in [5.41, 5.74) is 0.613. The molecule has 7 heteroatoms. The monoisotopic (exact) mass is 297 g/mol. The van der Waals surface area contributed by atoms with E-state index in [4.69, 9.17) is 5.11 Å². The van der Waals surface area contributed by atoms with Gasteiger partial charge in [0, 0.05) is 38.4 Å². The third-order valence-corrected chi connectivity index (χ3v) is 5.74. The van der Waals surface area contributed by atoms with Gasteiger partial charge in [0.05, 0.1) is 6.61 Å². The van der Waals surface area contributed by atoms with E-state index >= 15 is 0 Å². The Balaban J connectivity index is 1.71. The van der Waals surface area contributed by atoms with Crippen LogP contribution < -0.4 is 0 Å². The summed E-state index contributed by atoms with van der Waals surface area (Å²) in [6.07, 6.45) is 3.90. The molecule has 0 unspecified atom stereocenters. The average Bonchev–Trinajstić information content (AvgIpc) is 3.32. The predicted molar refractivity (Wildman–Crippen MR) is 73.5 cm³/mol. The van der Waals surface area contributed by atoms with Crippen molar-refractivity contribution in [3.63, 3.8) is 0 Å². The second-order valence-corrected chi connectivity index (χ2v) is 7.22. The smallest absolute Gasteiger partial charge is 0.260 e. The number of rotatable bonds is 4. The van der Waals surface area contributed by atoms with Gasteiger partial charge in [-0.15, -0.1) is 0 Å². The summed E-state index contributed by atoms with van der Waals surface area (Å²) < 4.78 is 26.4. The second kappa shape index (κ2) is 5.40. The highest BCUT2D eigenvalue weighted by Crippen LogP contribution is 2.28. The Hall–Kier alpha value is -1.02. The van der Waals surface area contributed by atoms with Crippen molar-refractivity contribution in [2.45, 2.75) is 30.5 Å². The molecule has 0 radical (unpaired) electrons. The van der Waals surface area contributed by atoms with E-state index in [2.05, 4.69) is 9.88 Å². The van der Waals surface area contributed by atoms with Crippen LogP contribution in [0, 0.1) is 0 Å². The first-order valence-electron chi connectivity index (χ1n) is 6.91. The van der Waals surface area contributed by atoms with Crippen LogP contribution in [0.15, 0.2) is 23.4 Å². The van der Waals surface area contributed by atoms with Gasteiger partial charge in [0.1, 0.15) is 0 Å². The standard InChI is InChI=1S/C13H19N3O3S/c17-10-11-1-4-13(14-9-11)20(18,19)16-7-5-15(6-8-16)12-2-3-12/h1,4,9,12,17H,2-3,5-8,10H2. The lowest BCUT2D eigenvalue weighted by Crippen LogP contribution is -2.49. The van der Waals surface area contributed by atoms with Gasteiger partial charge in [0.15, 0.2) is 5.03 Å². The van der Waals surface area contributed by atoms with Crippen molar-refractivity contribution >= 4 is 10.0 Å². The molecule has 2 aliphatic rings. The molecule has 20 heavy (non-hydrogen) atoms. The van der Waals surface area contributed by atoms with Gasteiger partial charge in [-0.05, 0) is 24.5 Å². The molecule has 1 aromatic heterocycles. The van der Waals surface area contributed by atoms with E-state index in [-0.39, 0.29) is 11.6 Å². The summed E-state index contributed by atoms with van der Waals surface area (Å²) in [7, 11) is -3.50. The van der Waals surface area contributed by atoms with Crippen LogP contribution in [-0.2, 0) is 16.6 Å². The van der Waals surface area contributed by atoms with Crippen molar-refractivity contribution in [2.75, 3.05) is 26.2 Å². The molecular formula is C13H19N3O3S. The van der Waals surface area contributed by atoms with Crippen molar-refractivity contribution in [1.82, 2.24) is 14.2 Å². The fourth-order valence-electron chi connectivity index (χ4n) is 2.54. The first-order chi connectivity index (χ1) is 9.61. The number of nitrogens with zero attached hydrogens (tertiary/aromatic N) is 3. The summed E-state index contributed by atoms with van der Waals surface area (Å²) >= 11 is 0. The first kappa shape index (κ1) is 13.9. The number of piperazine rings is 1. The van der Waals surface area contributed by atoms with Crippen LogP contribution in [0.1, 0.15) is 18.4 Å². The molecule has 1 aliphatic carbocycles. The third-order valence-electron chi connectivity index (χ3n) is 3.92. The van der Waals surface area contributed by atoms with Gasteiger partial charge in [-0.3, -0.25) is 4.90 Å². The fourth-order valence-corrected chi connectivity index (χ4v) is 3.87. The van der Waals surface area contributed by atoms with E-state index in [0.717, 1.165) is 13.1 Å². The van der Waals surface area contributed by atoms with Gasteiger partial charge < -0.3 is 5.11 Å². The fraction of sp³-hybridized carbons (Fsp3) is 0.615. The number of sulfonamides is 1. The van der Waals surface area contributed by atoms with Gasteiger partial charge in [-0.1, -0.05) is 6.07 Å². The van der Waals surface area contributed by atoms with Crippen molar-refractivity contribution < 1.29 is 13.5 Å². The van der Waals surface area contributed by atoms with E-state index in [1.807, 2.05) is 0 Å². The van der Waals surface area contributed by atoms with Crippen LogP contribution in [0.5, 0.6) is 0 Å². The third kappa shape index (κ3) is 2.71. The highest BCUT2D eigenvalue weighted by atomic mass is 32.2. The molecule has 0 amide bonds. The molecule has 1 aliphatic heterocycles. The zero-order valence-corrected chi connectivity index (χ0v) is 12.1. The minimum absolute atomic E-state index is 0.0644. The number of aromatic nitrogens is 1. The minimum Gasteiger partial charge on any atom is -0.392 e. The first-order valence-corrected chi connectivity index (χ1v) is 8.35. The summed E-state index contributed by atoms with van der Waals surface area (Å²) in [5, 5.41) is 9.03. The molecule has 2 fully saturated rings. The molecule has 0 spiro atoms. The number of aliphatic hydroxyl groups is 1. The van der Waals surface area contributed by atoms with Gasteiger partial charge in [-0.25, -0.2) is 13.4 Å². The van der Waals surface area contributed by atoms with Crippen LogP contribution >= 0.6 is 0 Å². The molecule has 1 saturated carbocycles. The lowest BCUT2D eigenvalue weighted by Gasteiger charge is -2.33. The van der Waals surface area contributed by atoms with Crippen molar-refractivity contribution in [2.24, 2.45) is 0 Å². The van der Waals surface area contributed by atoms with Crippen molar-refractivity contribution in [1.29, 1.82) is 0 Å². The van der Waals surface area contributed by atoms with Gasteiger partial charge >= 0.3 is 0 Å². The molecule has 2 heterocycles. The van der Waals surface area contributed by atoms with Crippen LogP contribution in [0.2, 0.25) is 0 Å². The zero-order valence-electron chi connectivity index (χ0n) is 11.3. The highest BCUT2D eigenvalue weighted by molar-refractivity contribution is 7.89. The average molecular weight is 297 g/mol. The molecule has 0 atom stereocenters. The normalized spacial score (nSPS) is 22.1. The van der Waals surface area contributed by atoms with Gasteiger partial charge in [0.2, 0.25) is 0 Å². The Morgan fingerprint density at radius 1 is 1.20 bits per heavy atom. The van der Waals surface area contributed by atoms with Crippen LogP contribution in [0.4, 0.5) is 0 Å². The Kier molecular flexibility index (Phi) is 3.76. The van der Waals surface area contributed by atoms with E-state index in [1.165, 1.54) is 29.4 Å². The summed E-state index contributed by atoms with van der Waals surface area (Å²) in [4.78, 5) is 6.33. The summed E-state index contributed by atoms with van der Waals surface area (Å²) in [6.45, 7) is 2.54. The lowest BCUT2D eigenvalue weighted by atomic mass is 10.3. The van der Waals surface area contributed by atoms with Crippen molar-refractivity contribution in [3.8, 4) is 0 Å². The van der Waals surface area contributed by atoms with E-state index in [1.54, 1.807) is 6.07 Å². The zero-order chi connectivity index (χ0) is 14.2. The van der Waals surface area contributed by atoms with Gasteiger partial charge in [-0.2, -0.15) is 4.31 Å². The highest BCUT2D eigenvalue weighted by Gasteiger charge is 2.35. The number of pyridine rings is 1.